The number of Topliss-reactive ketones (excluding diaryl/α,β-unsaturated/α-hetero) is 2. The quantitative estimate of drug-likeness (QED) is 0.499. The van der Waals surface area contributed by atoms with Crippen molar-refractivity contribution in [1.29, 1.82) is 0 Å². The third-order valence-electron chi connectivity index (χ3n) is 9.26. The fraction of sp³-hybridized carbons (Fsp3) is 0.913. The fourth-order valence-electron chi connectivity index (χ4n) is 7.64. The number of rotatable bonds is 2. The average Bonchev–Trinajstić information content (AvgIpc) is 2.99. The summed E-state index contributed by atoms with van der Waals surface area (Å²) in [5, 5.41) is 37.9. The van der Waals surface area contributed by atoms with Gasteiger partial charge in [0.25, 0.3) is 0 Å². The molecule has 0 aromatic carbocycles. The molecule has 0 saturated heterocycles. The van der Waals surface area contributed by atoms with Gasteiger partial charge in [-0.1, -0.05) is 13.8 Å². The second kappa shape index (κ2) is 8.64. The van der Waals surface area contributed by atoms with Crippen LogP contribution in [0.3, 0.4) is 0 Å². The molecule has 0 unspecified atom stereocenters. The van der Waals surface area contributed by atoms with Crippen LogP contribution in [0.15, 0.2) is 0 Å². The maximum atomic E-state index is 13.4. The summed E-state index contributed by atoms with van der Waals surface area (Å²) >= 11 is 0. The second-order valence-corrected chi connectivity index (χ2v) is 10.8. The van der Waals surface area contributed by atoms with Crippen molar-refractivity contribution in [3.8, 4) is 0 Å². The van der Waals surface area contributed by atoms with Crippen LogP contribution in [0.2, 0.25) is 0 Å². The summed E-state index contributed by atoms with van der Waals surface area (Å²) in [6, 6.07) is 0. The van der Waals surface area contributed by atoms with Crippen molar-refractivity contribution in [3.63, 3.8) is 0 Å². The molecule has 184 valence electrons. The summed E-state index contributed by atoms with van der Waals surface area (Å²) in [4.78, 5) is 25.7. The molecule has 0 aliphatic heterocycles. The van der Waals surface area contributed by atoms with Gasteiger partial charge in [0.2, 0.25) is 0 Å². The number of fused-ring (bicyclic) bond motifs is 5. The summed E-state index contributed by atoms with van der Waals surface area (Å²) in [6.45, 7) is 1.73. The molecule has 0 spiro atoms. The third kappa shape index (κ3) is 4.03. The molecule has 4 saturated carbocycles. The minimum Gasteiger partial charge on any atom is -0.393 e. The van der Waals surface area contributed by atoms with E-state index in [9.17, 15) is 38.1 Å². The van der Waals surface area contributed by atoms with Crippen molar-refractivity contribution in [3.05, 3.63) is 0 Å². The molecule has 8 atom stereocenters. The number of carbonyl (C=O) groups excluding carboxylic acids is 2. The lowest BCUT2D eigenvalue weighted by atomic mass is 9.44. The highest BCUT2D eigenvalue weighted by Gasteiger charge is 2.68. The van der Waals surface area contributed by atoms with Gasteiger partial charge in [-0.2, -0.15) is 13.2 Å². The Morgan fingerprint density at radius 2 is 1.72 bits per heavy atom. The van der Waals surface area contributed by atoms with E-state index in [0.717, 1.165) is 38.5 Å². The summed E-state index contributed by atoms with van der Waals surface area (Å²) in [6.07, 6.45) is 1.07. The maximum Gasteiger partial charge on any atom is 0.411 e. The zero-order chi connectivity index (χ0) is 24.1. The van der Waals surface area contributed by atoms with Gasteiger partial charge < -0.3 is 20.4 Å². The Morgan fingerprint density at radius 1 is 1.09 bits per heavy atom. The topological polar surface area (TPSA) is 115 Å². The summed E-state index contributed by atoms with van der Waals surface area (Å²) in [7, 11) is 0. The molecule has 6 nitrogen and oxygen atoms in total. The number of ketones is 2. The molecular formula is C23H35F3O6. The SMILES string of the molecule is C[C@]12CC[C@@H](O)C[C@H]1CC[C@@H]1[C@@H]2C(=O)C[C@@]2(C)[C@H]1CC[C@]2(O)C(=O)CO.OCC(F)(F)F. The Kier molecular flexibility index (Phi) is 6.91. The first-order valence-electron chi connectivity index (χ1n) is 11.5. The summed E-state index contributed by atoms with van der Waals surface area (Å²) < 4.78 is 31.6. The van der Waals surface area contributed by atoms with Gasteiger partial charge >= 0.3 is 6.18 Å². The zero-order valence-electron chi connectivity index (χ0n) is 18.7. The van der Waals surface area contributed by atoms with E-state index in [1.54, 1.807) is 0 Å². The van der Waals surface area contributed by atoms with Crippen LogP contribution in [-0.2, 0) is 9.59 Å². The number of hydrogen-bond acceptors (Lipinski definition) is 6. The molecule has 9 heteroatoms. The highest BCUT2D eigenvalue weighted by atomic mass is 19.4. The van der Waals surface area contributed by atoms with Crippen LogP contribution >= 0.6 is 0 Å². The van der Waals surface area contributed by atoms with Crippen molar-refractivity contribution >= 4 is 11.6 Å². The molecule has 4 rings (SSSR count). The Bertz CT molecular complexity index is 742. The predicted molar refractivity (Wildman–Crippen MR) is 108 cm³/mol. The third-order valence-corrected chi connectivity index (χ3v) is 9.26. The van der Waals surface area contributed by atoms with Crippen LogP contribution in [0.1, 0.15) is 65.2 Å². The van der Waals surface area contributed by atoms with Gasteiger partial charge in [-0.05, 0) is 68.1 Å². The van der Waals surface area contributed by atoms with Gasteiger partial charge in [0, 0.05) is 17.8 Å². The number of aliphatic hydroxyl groups is 4. The Hall–Kier alpha value is -1.03. The molecule has 32 heavy (non-hydrogen) atoms. The average molecular weight is 465 g/mol. The maximum absolute atomic E-state index is 13.4. The van der Waals surface area contributed by atoms with Crippen LogP contribution < -0.4 is 0 Å². The van der Waals surface area contributed by atoms with E-state index in [0.29, 0.717) is 12.3 Å². The van der Waals surface area contributed by atoms with Gasteiger partial charge in [-0.15, -0.1) is 0 Å². The lowest BCUT2D eigenvalue weighted by molar-refractivity contribution is -0.180. The predicted octanol–water partition coefficient (Wildman–Crippen LogP) is 2.40. The van der Waals surface area contributed by atoms with Gasteiger partial charge in [-0.3, -0.25) is 9.59 Å². The molecular weight excluding hydrogens is 429 g/mol. The van der Waals surface area contributed by atoms with Crippen LogP contribution in [-0.4, -0.2) is 63.1 Å². The highest BCUT2D eigenvalue weighted by Crippen LogP contribution is 2.67. The Morgan fingerprint density at radius 3 is 2.28 bits per heavy atom. The van der Waals surface area contributed by atoms with Gasteiger partial charge in [0.05, 0.1) is 6.10 Å². The fourth-order valence-corrected chi connectivity index (χ4v) is 7.64. The van der Waals surface area contributed by atoms with Crippen LogP contribution in [0, 0.1) is 34.5 Å². The first-order chi connectivity index (χ1) is 14.7. The molecule has 0 amide bonds. The van der Waals surface area contributed by atoms with Gasteiger partial charge in [0.15, 0.2) is 5.78 Å². The smallest absolute Gasteiger partial charge is 0.393 e. The van der Waals surface area contributed by atoms with Crippen molar-refractivity contribution in [1.82, 2.24) is 0 Å². The minimum atomic E-state index is -4.40. The van der Waals surface area contributed by atoms with Crippen LogP contribution in [0.4, 0.5) is 13.2 Å². The van der Waals surface area contributed by atoms with Gasteiger partial charge in [0.1, 0.15) is 24.6 Å². The van der Waals surface area contributed by atoms with Crippen molar-refractivity contribution < 1.29 is 43.2 Å². The van der Waals surface area contributed by atoms with Crippen molar-refractivity contribution in [2.24, 2.45) is 34.5 Å². The Balaban J connectivity index is 0.000000427. The van der Waals surface area contributed by atoms with E-state index in [4.69, 9.17) is 5.11 Å². The molecule has 0 heterocycles. The number of hydrogen-bond donors (Lipinski definition) is 4. The Labute approximate surface area is 186 Å². The standard InChI is InChI=1S/C21H32O5.C2H3F3O/c1-19-7-5-13(23)9-12(19)3-4-14-15-6-8-21(26,17(25)11-22)20(15,2)10-16(24)18(14)19;3-2(4,5)1-6/h12-15,18,22-23,26H,3-11H2,1-2H3;6H,1H2/t12-,13-,14+,15+,18-,19+,20+,21+;/m1./s1. The van der Waals surface area contributed by atoms with E-state index < -0.39 is 36.2 Å². The largest absolute Gasteiger partial charge is 0.411 e. The first-order valence-corrected chi connectivity index (χ1v) is 11.5. The molecule has 0 aromatic heterocycles. The highest BCUT2D eigenvalue weighted by molar-refractivity contribution is 5.92. The first kappa shape index (κ1) is 25.6. The minimum absolute atomic E-state index is 0.0154. The van der Waals surface area contributed by atoms with E-state index in [1.807, 2.05) is 6.92 Å². The van der Waals surface area contributed by atoms with Crippen molar-refractivity contribution in [2.75, 3.05) is 13.2 Å². The molecule has 4 N–H and O–H groups in total. The number of halogens is 3. The van der Waals surface area contributed by atoms with E-state index in [-0.39, 0.29) is 41.5 Å². The molecule has 0 aromatic rings. The number of carbonyl (C=O) groups is 2. The normalized spacial score (nSPS) is 45.8. The number of alkyl halides is 3. The lowest BCUT2D eigenvalue weighted by Gasteiger charge is -2.60. The molecule has 4 aliphatic rings. The molecule has 0 bridgehead atoms. The monoisotopic (exact) mass is 464 g/mol. The zero-order valence-corrected chi connectivity index (χ0v) is 18.7. The lowest BCUT2D eigenvalue weighted by Crippen LogP contribution is -2.62. The molecule has 4 aliphatic carbocycles. The van der Waals surface area contributed by atoms with E-state index >= 15 is 0 Å². The summed E-state index contributed by atoms with van der Waals surface area (Å²) in [5.74, 6) is 0.380. The summed E-state index contributed by atoms with van der Waals surface area (Å²) in [5.41, 5.74) is -2.40. The number of aliphatic hydroxyl groups excluding tert-OH is 3. The van der Waals surface area contributed by atoms with E-state index in [2.05, 4.69) is 6.92 Å². The van der Waals surface area contributed by atoms with Crippen LogP contribution in [0.5, 0.6) is 0 Å². The second-order valence-electron chi connectivity index (χ2n) is 10.8. The van der Waals surface area contributed by atoms with Crippen LogP contribution in [0.25, 0.3) is 0 Å². The molecule has 0 radical (unpaired) electrons. The van der Waals surface area contributed by atoms with Crippen molar-refractivity contribution in [2.45, 2.75) is 83.1 Å². The van der Waals surface area contributed by atoms with E-state index in [1.165, 1.54) is 0 Å². The molecule has 4 fully saturated rings. The van der Waals surface area contributed by atoms with Gasteiger partial charge in [-0.25, -0.2) is 0 Å².